The molecule has 2 aromatic rings. The van der Waals surface area contributed by atoms with E-state index in [4.69, 9.17) is 23.2 Å². The second-order valence-electron chi connectivity index (χ2n) is 11.0. The summed E-state index contributed by atoms with van der Waals surface area (Å²) < 4.78 is 0. The third-order valence-electron chi connectivity index (χ3n) is 8.50. The zero-order valence-electron chi connectivity index (χ0n) is 21.8. The quantitative estimate of drug-likeness (QED) is 0.330. The number of hydrogen-bond acceptors (Lipinski definition) is 5. The molecule has 1 unspecified atom stereocenters. The van der Waals surface area contributed by atoms with Gasteiger partial charge in [0.25, 0.3) is 5.91 Å². The van der Waals surface area contributed by atoms with Crippen molar-refractivity contribution in [2.24, 2.45) is 11.3 Å². The third-order valence-corrected chi connectivity index (χ3v) is 9.07. The summed E-state index contributed by atoms with van der Waals surface area (Å²) in [5.41, 5.74) is 2.72. The van der Waals surface area contributed by atoms with E-state index < -0.39 is 23.3 Å². The Labute approximate surface area is 238 Å². The highest BCUT2D eigenvalue weighted by Crippen LogP contribution is 2.55. The van der Waals surface area contributed by atoms with Gasteiger partial charge in [0.1, 0.15) is 6.04 Å². The van der Waals surface area contributed by atoms with Crippen molar-refractivity contribution in [2.75, 3.05) is 5.32 Å². The van der Waals surface area contributed by atoms with Gasteiger partial charge in [0.2, 0.25) is 0 Å². The van der Waals surface area contributed by atoms with Crippen LogP contribution in [0.4, 0.5) is 5.69 Å². The molecule has 1 aromatic heterocycles. The zero-order valence-corrected chi connectivity index (χ0v) is 23.3. The largest absolute Gasteiger partial charge is 0.480 e. The van der Waals surface area contributed by atoms with Gasteiger partial charge in [-0.25, -0.2) is 4.79 Å². The molecule has 3 aliphatic rings. The normalized spacial score (nSPS) is 19.9. The molecule has 1 atom stereocenters. The Balaban J connectivity index is 1.32. The molecular formula is C30H33Cl2N3O4. The van der Waals surface area contributed by atoms with E-state index >= 15 is 0 Å². The van der Waals surface area contributed by atoms with Crippen molar-refractivity contribution in [1.29, 1.82) is 0 Å². The fourth-order valence-electron chi connectivity index (χ4n) is 6.47. The minimum atomic E-state index is -0.949. The highest BCUT2D eigenvalue weighted by atomic mass is 35.5. The number of allylic oxidation sites excluding steroid dienone is 2. The molecule has 7 nitrogen and oxygen atoms in total. The molecule has 1 aromatic carbocycles. The molecule has 0 bridgehead atoms. The molecule has 3 aliphatic carbocycles. The van der Waals surface area contributed by atoms with E-state index in [0.29, 0.717) is 5.69 Å². The molecule has 1 spiro atoms. The number of anilines is 1. The number of nitrogens with one attached hydrogen (secondary N) is 2. The number of hydrogen-bond donors (Lipinski definition) is 3. The number of carbonyl (C=O) groups excluding carboxylic acids is 2. The van der Waals surface area contributed by atoms with Gasteiger partial charge in [-0.05, 0) is 49.3 Å². The van der Waals surface area contributed by atoms with Gasteiger partial charge in [-0.1, -0.05) is 73.9 Å². The first-order valence-corrected chi connectivity index (χ1v) is 14.5. The molecule has 206 valence electrons. The molecule has 9 heteroatoms. The number of carboxylic acid groups (broad SMARTS) is 1. The number of benzene rings is 1. The number of aliphatic carboxylic acids is 1. The van der Waals surface area contributed by atoms with Gasteiger partial charge >= 0.3 is 5.97 Å². The molecule has 5 rings (SSSR count). The summed E-state index contributed by atoms with van der Waals surface area (Å²) in [6.07, 6.45) is 13.1. The van der Waals surface area contributed by atoms with Crippen LogP contribution in [0.15, 0.2) is 47.9 Å². The van der Waals surface area contributed by atoms with Crippen molar-refractivity contribution in [1.82, 2.24) is 10.3 Å². The summed E-state index contributed by atoms with van der Waals surface area (Å²) in [6.45, 7) is 0. The Bertz CT molecular complexity index is 1280. The van der Waals surface area contributed by atoms with Gasteiger partial charge in [0, 0.05) is 35.8 Å². The van der Waals surface area contributed by atoms with Crippen LogP contribution < -0.4 is 10.6 Å². The third kappa shape index (κ3) is 5.57. The van der Waals surface area contributed by atoms with Gasteiger partial charge in [-0.3, -0.25) is 14.6 Å². The van der Waals surface area contributed by atoms with Crippen LogP contribution in [-0.4, -0.2) is 33.8 Å². The Hall–Kier alpha value is -2.90. The van der Waals surface area contributed by atoms with Crippen LogP contribution in [0.1, 0.15) is 80.1 Å². The molecule has 1 amide bonds. The lowest BCUT2D eigenvalue weighted by molar-refractivity contribution is -0.140. The number of amides is 1. The average molecular weight is 571 g/mol. The van der Waals surface area contributed by atoms with Crippen molar-refractivity contribution >= 4 is 46.5 Å². The number of ketones is 1. The molecule has 0 radical (unpaired) electrons. The van der Waals surface area contributed by atoms with Gasteiger partial charge in [-0.2, -0.15) is 0 Å². The van der Waals surface area contributed by atoms with Crippen LogP contribution in [0.3, 0.4) is 0 Å². The van der Waals surface area contributed by atoms with Crippen LogP contribution in [0, 0.1) is 11.3 Å². The standard InChI is InChI=1S/C30H33Cl2N3O4/c31-21-16-33-17-22(32)25(21)28(37)34-20-11-9-18(10-12-20)15-23(29(38)39)35-26-24(19-7-3-1-4-8-19)27(36)30(26)13-5-2-6-14-30/h9-12,16-17,19,23,35H,1-8,13-15H2,(H,34,37)(H,38,39). The lowest BCUT2D eigenvalue weighted by atomic mass is 9.55. The monoisotopic (exact) mass is 569 g/mol. The zero-order chi connectivity index (χ0) is 27.6. The van der Waals surface area contributed by atoms with Crippen molar-refractivity contribution < 1.29 is 19.5 Å². The first kappa shape index (κ1) is 27.7. The van der Waals surface area contributed by atoms with Crippen LogP contribution in [0.2, 0.25) is 10.0 Å². The van der Waals surface area contributed by atoms with E-state index in [1.807, 2.05) is 0 Å². The predicted octanol–water partition coefficient (Wildman–Crippen LogP) is 6.59. The van der Waals surface area contributed by atoms with Crippen molar-refractivity contribution in [3.05, 3.63) is 69.1 Å². The lowest BCUT2D eigenvalue weighted by Crippen LogP contribution is -2.55. The molecule has 2 fully saturated rings. The minimum Gasteiger partial charge on any atom is -0.480 e. The van der Waals surface area contributed by atoms with Crippen LogP contribution >= 0.6 is 23.2 Å². The summed E-state index contributed by atoms with van der Waals surface area (Å²) in [5.74, 6) is -0.911. The number of pyridine rings is 1. The minimum absolute atomic E-state index is 0.140. The maximum atomic E-state index is 13.5. The molecule has 1 heterocycles. The average Bonchev–Trinajstić information content (AvgIpc) is 2.94. The lowest BCUT2D eigenvalue weighted by Gasteiger charge is -2.50. The van der Waals surface area contributed by atoms with Crippen LogP contribution in [-0.2, 0) is 16.0 Å². The maximum Gasteiger partial charge on any atom is 0.326 e. The highest BCUT2D eigenvalue weighted by molar-refractivity contribution is 6.40. The number of Topliss-reactive ketones (excluding diaryl/α,β-unsaturated/α-hetero) is 1. The molecule has 0 saturated heterocycles. The summed E-state index contributed by atoms with van der Waals surface area (Å²) in [4.78, 5) is 42.5. The first-order chi connectivity index (χ1) is 18.8. The Kier molecular flexibility index (Phi) is 8.29. The van der Waals surface area contributed by atoms with E-state index in [-0.39, 0.29) is 33.7 Å². The van der Waals surface area contributed by atoms with E-state index in [1.54, 1.807) is 24.3 Å². The number of nitrogens with zero attached hydrogens (tertiary/aromatic N) is 1. The molecule has 0 aliphatic heterocycles. The maximum absolute atomic E-state index is 13.5. The number of carboxylic acids is 1. The Morgan fingerprint density at radius 2 is 1.59 bits per heavy atom. The van der Waals surface area contributed by atoms with E-state index in [1.165, 1.54) is 18.8 Å². The Morgan fingerprint density at radius 1 is 0.974 bits per heavy atom. The van der Waals surface area contributed by atoms with E-state index in [2.05, 4.69) is 15.6 Å². The van der Waals surface area contributed by atoms with E-state index in [9.17, 15) is 19.5 Å². The predicted molar refractivity (Wildman–Crippen MR) is 151 cm³/mol. The fraction of sp³-hybridized carbons (Fsp3) is 0.467. The van der Waals surface area contributed by atoms with Gasteiger partial charge in [-0.15, -0.1) is 0 Å². The summed E-state index contributed by atoms with van der Waals surface area (Å²) in [6, 6.07) is 6.17. The molecule has 2 saturated carbocycles. The SMILES string of the molecule is O=C(Nc1ccc(CC(NC2=C(C3CCCCC3)C(=O)C23CCCCC3)C(=O)O)cc1)c1c(Cl)cncc1Cl. The topological polar surface area (TPSA) is 108 Å². The number of rotatable bonds is 8. The second-order valence-corrected chi connectivity index (χ2v) is 11.8. The van der Waals surface area contributed by atoms with Crippen molar-refractivity contribution in [3.8, 4) is 0 Å². The van der Waals surface area contributed by atoms with Crippen molar-refractivity contribution in [3.63, 3.8) is 0 Å². The fourth-order valence-corrected chi connectivity index (χ4v) is 7.00. The van der Waals surface area contributed by atoms with Gasteiger partial charge in [0.05, 0.1) is 21.0 Å². The number of carbonyl (C=O) groups is 3. The number of halogens is 2. The van der Waals surface area contributed by atoms with Gasteiger partial charge in [0.15, 0.2) is 5.78 Å². The van der Waals surface area contributed by atoms with Crippen LogP contribution in [0.25, 0.3) is 0 Å². The van der Waals surface area contributed by atoms with Crippen molar-refractivity contribution in [2.45, 2.75) is 76.7 Å². The summed E-state index contributed by atoms with van der Waals surface area (Å²) >= 11 is 12.2. The second kappa shape index (κ2) is 11.7. The highest BCUT2D eigenvalue weighted by Gasteiger charge is 2.55. The smallest absolute Gasteiger partial charge is 0.326 e. The van der Waals surface area contributed by atoms with E-state index in [0.717, 1.165) is 74.6 Å². The molecule has 3 N–H and O–H groups in total. The Morgan fingerprint density at radius 3 is 2.21 bits per heavy atom. The number of aromatic nitrogens is 1. The summed E-state index contributed by atoms with van der Waals surface area (Å²) in [5, 5.41) is 16.6. The molecule has 39 heavy (non-hydrogen) atoms. The van der Waals surface area contributed by atoms with Crippen LogP contribution in [0.5, 0.6) is 0 Å². The van der Waals surface area contributed by atoms with Gasteiger partial charge < -0.3 is 15.7 Å². The molecular weight excluding hydrogens is 537 g/mol. The first-order valence-electron chi connectivity index (χ1n) is 13.8. The summed E-state index contributed by atoms with van der Waals surface area (Å²) in [7, 11) is 0.